The number of carbonyl (C=O) groups is 2. The van der Waals surface area contributed by atoms with Crippen molar-refractivity contribution >= 4 is 46.3 Å². The molecular weight excluding hydrogens is 435 g/mol. The molecule has 5 nitrogen and oxygen atoms in total. The van der Waals surface area contributed by atoms with E-state index in [1.165, 1.54) is 0 Å². The zero-order valence-electron chi connectivity index (χ0n) is 17.6. The van der Waals surface area contributed by atoms with Gasteiger partial charge in [-0.3, -0.25) is 4.79 Å². The summed E-state index contributed by atoms with van der Waals surface area (Å²) in [5.74, 6) is -0.928. The van der Waals surface area contributed by atoms with Crippen molar-refractivity contribution in [2.45, 2.75) is 39.7 Å². The number of rotatable bonds is 3. The van der Waals surface area contributed by atoms with E-state index < -0.39 is 12.0 Å². The molecule has 0 fully saturated rings. The van der Waals surface area contributed by atoms with Gasteiger partial charge in [0.05, 0.1) is 23.0 Å². The number of ketones is 1. The second-order valence-electron chi connectivity index (χ2n) is 8.85. The number of carbonyl (C=O) groups excluding carboxylic acids is 1. The average molecular weight is 459 g/mol. The Morgan fingerprint density at radius 2 is 1.94 bits per heavy atom. The molecule has 1 heterocycles. The SMILES string of the molecule is CCN1c2ccc(C(=O)O)cc2NC2=C(C(=O)CC(C)(C)C2)C1c1ccc(Cl)cc1Cl. The van der Waals surface area contributed by atoms with Crippen LogP contribution in [0.15, 0.2) is 47.7 Å². The van der Waals surface area contributed by atoms with Crippen molar-refractivity contribution in [3.63, 3.8) is 0 Å². The van der Waals surface area contributed by atoms with Crippen molar-refractivity contribution in [2.24, 2.45) is 5.41 Å². The molecule has 7 heteroatoms. The van der Waals surface area contributed by atoms with Gasteiger partial charge in [-0.2, -0.15) is 0 Å². The highest BCUT2D eigenvalue weighted by Gasteiger charge is 2.41. The molecule has 0 saturated heterocycles. The molecule has 0 spiro atoms. The van der Waals surface area contributed by atoms with Gasteiger partial charge in [0.15, 0.2) is 5.78 Å². The number of halogens is 2. The van der Waals surface area contributed by atoms with Crippen LogP contribution in [-0.4, -0.2) is 23.4 Å². The minimum Gasteiger partial charge on any atom is -0.478 e. The standard InChI is InChI=1S/C24H24Cl2N2O3/c1-4-28-19-8-5-13(23(30)31)9-17(19)27-18-11-24(2,3)12-20(29)21(18)22(28)15-7-6-14(25)10-16(15)26/h5-10,22,27H,4,11-12H2,1-3H3,(H,30,31). The highest BCUT2D eigenvalue weighted by molar-refractivity contribution is 6.35. The predicted molar refractivity (Wildman–Crippen MR) is 124 cm³/mol. The number of benzene rings is 2. The zero-order valence-corrected chi connectivity index (χ0v) is 19.1. The van der Waals surface area contributed by atoms with Crippen molar-refractivity contribution in [3.05, 3.63) is 68.8 Å². The first-order valence-corrected chi connectivity index (χ1v) is 11.0. The lowest BCUT2D eigenvalue weighted by Gasteiger charge is -2.38. The third-order valence-electron chi connectivity index (χ3n) is 5.94. The number of nitrogens with zero attached hydrogens (tertiary/aromatic N) is 1. The van der Waals surface area contributed by atoms with E-state index in [4.69, 9.17) is 23.2 Å². The molecular formula is C24H24Cl2N2O3. The summed E-state index contributed by atoms with van der Waals surface area (Å²) < 4.78 is 0. The first-order valence-electron chi connectivity index (χ1n) is 10.2. The number of carboxylic acid groups (broad SMARTS) is 1. The van der Waals surface area contributed by atoms with Crippen LogP contribution < -0.4 is 10.2 Å². The van der Waals surface area contributed by atoms with Crippen LogP contribution >= 0.6 is 23.2 Å². The first kappa shape index (κ1) is 21.7. The van der Waals surface area contributed by atoms with E-state index in [1.54, 1.807) is 30.3 Å². The van der Waals surface area contributed by atoms with Gasteiger partial charge in [0, 0.05) is 34.3 Å². The molecule has 0 amide bonds. The lowest BCUT2D eigenvalue weighted by Crippen LogP contribution is -2.36. The fourth-order valence-corrected chi connectivity index (χ4v) is 5.15. The molecule has 31 heavy (non-hydrogen) atoms. The molecule has 1 unspecified atom stereocenters. The van der Waals surface area contributed by atoms with Gasteiger partial charge < -0.3 is 15.3 Å². The minimum atomic E-state index is -0.997. The molecule has 0 bridgehead atoms. The highest BCUT2D eigenvalue weighted by atomic mass is 35.5. The van der Waals surface area contributed by atoms with Crippen LogP contribution in [-0.2, 0) is 4.79 Å². The van der Waals surface area contributed by atoms with Crippen molar-refractivity contribution < 1.29 is 14.7 Å². The number of nitrogens with one attached hydrogen (secondary N) is 1. The Balaban J connectivity index is 2.00. The summed E-state index contributed by atoms with van der Waals surface area (Å²) in [4.78, 5) is 27.1. The fraction of sp³-hybridized carbons (Fsp3) is 0.333. The maximum Gasteiger partial charge on any atom is 0.335 e. The van der Waals surface area contributed by atoms with Crippen molar-refractivity contribution in [2.75, 3.05) is 16.8 Å². The Bertz CT molecular complexity index is 1120. The van der Waals surface area contributed by atoms with Crippen LogP contribution in [0.4, 0.5) is 11.4 Å². The number of anilines is 2. The largest absolute Gasteiger partial charge is 0.478 e. The Morgan fingerprint density at radius 3 is 2.58 bits per heavy atom. The molecule has 0 aromatic heterocycles. The van der Waals surface area contributed by atoms with Crippen LogP contribution in [0, 0.1) is 5.41 Å². The molecule has 1 atom stereocenters. The van der Waals surface area contributed by atoms with Gasteiger partial charge in [-0.05, 0) is 54.7 Å². The zero-order chi connectivity index (χ0) is 22.5. The summed E-state index contributed by atoms with van der Waals surface area (Å²) in [6.45, 7) is 6.74. The number of Topliss-reactive ketones (excluding diaryl/α,β-unsaturated/α-hetero) is 1. The smallest absolute Gasteiger partial charge is 0.335 e. The summed E-state index contributed by atoms with van der Waals surface area (Å²) in [5.41, 5.74) is 3.77. The first-order chi connectivity index (χ1) is 14.6. The van der Waals surface area contributed by atoms with Gasteiger partial charge >= 0.3 is 5.97 Å². The number of hydrogen-bond donors (Lipinski definition) is 2. The van der Waals surface area contributed by atoms with E-state index in [0.717, 1.165) is 16.9 Å². The monoisotopic (exact) mass is 458 g/mol. The maximum atomic E-state index is 13.5. The molecule has 0 saturated carbocycles. The number of hydrogen-bond acceptors (Lipinski definition) is 4. The van der Waals surface area contributed by atoms with Crippen molar-refractivity contribution in [3.8, 4) is 0 Å². The fourth-order valence-electron chi connectivity index (χ4n) is 4.64. The summed E-state index contributed by atoms with van der Waals surface area (Å²) in [5, 5.41) is 13.9. The quantitative estimate of drug-likeness (QED) is 0.562. The lowest BCUT2D eigenvalue weighted by atomic mass is 9.73. The molecule has 4 rings (SSSR count). The average Bonchev–Trinajstić information content (AvgIpc) is 2.80. The third kappa shape index (κ3) is 3.92. The summed E-state index contributed by atoms with van der Waals surface area (Å²) in [7, 11) is 0. The number of likely N-dealkylation sites (N-methyl/N-ethyl adjacent to an activating group) is 1. The molecule has 2 N–H and O–H groups in total. The molecule has 1 aliphatic heterocycles. The van der Waals surface area contributed by atoms with E-state index in [1.807, 2.05) is 13.0 Å². The van der Waals surface area contributed by atoms with Gasteiger partial charge in [-0.25, -0.2) is 4.79 Å². The third-order valence-corrected chi connectivity index (χ3v) is 6.50. The van der Waals surface area contributed by atoms with Gasteiger partial charge in [0.2, 0.25) is 0 Å². The Morgan fingerprint density at radius 1 is 1.19 bits per heavy atom. The molecule has 2 aliphatic rings. The highest BCUT2D eigenvalue weighted by Crippen LogP contribution is 2.49. The number of aromatic carboxylic acids is 1. The van der Waals surface area contributed by atoms with Crippen LogP contribution in [0.1, 0.15) is 55.6 Å². The molecule has 162 valence electrons. The van der Waals surface area contributed by atoms with E-state index in [2.05, 4.69) is 24.1 Å². The summed E-state index contributed by atoms with van der Waals surface area (Å²) >= 11 is 12.8. The Hall–Kier alpha value is -2.50. The normalized spacial score (nSPS) is 20.0. The summed E-state index contributed by atoms with van der Waals surface area (Å²) in [6, 6.07) is 9.94. The topological polar surface area (TPSA) is 69.6 Å². The second-order valence-corrected chi connectivity index (χ2v) is 9.69. The van der Waals surface area contributed by atoms with Gasteiger partial charge in [-0.15, -0.1) is 0 Å². The van der Waals surface area contributed by atoms with E-state index in [9.17, 15) is 14.7 Å². The van der Waals surface area contributed by atoms with Gasteiger partial charge in [0.25, 0.3) is 0 Å². The van der Waals surface area contributed by atoms with E-state index in [-0.39, 0.29) is 16.8 Å². The van der Waals surface area contributed by atoms with Gasteiger partial charge in [-0.1, -0.05) is 43.1 Å². The maximum absolute atomic E-state index is 13.5. The van der Waals surface area contributed by atoms with Gasteiger partial charge in [0.1, 0.15) is 0 Å². The van der Waals surface area contributed by atoms with Crippen LogP contribution in [0.3, 0.4) is 0 Å². The minimum absolute atomic E-state index is 0.0690. The van der Waals surface area contributed by atoms with Crippen molar-refractivity contribution in [1.29, 1.82) is 0 Å². The summed E-state index contributed by atoms with van der Waals surface area (Å²) in [6.07, 6.45) is 1.10. The van der Waals surface area contributed by atoms with E-state index in [0.29, 0.717) is 40.7 Å². The molecule has 0 radical (unpaired) electrons. The van der Waals surface area contributed by atoms with Crippen LogP contribution in [0.2, 0.25) is 10.0 Å². The lowest BCUT2D eigenvalue weighted by molar-refractivity contribution is -0.118. The second kappa shape index (κ2) is 7.88. The number of carboxylic acids is 1. The Kier molecular flexibility index (Phi) is 5.52. The van der Waals surface area contributed by atoms with Crippen molar-refractivity contribution in [1.82, 2.24) is 0 Å². The molecule has 1 aliphatic carbocycles. The molecule has 2 aromatic rings. The number of allylic oxidation sites excluding steroid dienone is 1. The van der Waals surface area contributed by atoms with Crippen LogP contribution in [0.25, 0.3) is 0 Å². The molecule has 2 aromatic carbocycles. The number of fused-ring (bicyclic) bond motifs is 1. The van der Waals surface area contributed by atoms with E-state index >= 15 is 0 Å². The van der Waals surface area contributed by atoms with Crippen LogP contribution in [0.5, 0.6) is 0 Å². The Labute approximate surface area is 191 Å². The predicted octanol–water partition coefficient (Wildman–Crippen LogP) is 6.33.